The van der Waals surface area contributed by atoms with Crippen LogP contribution in [0.3, 0.4) is 0 Å². The maximum Gasteiger partial charge on any atom is 1.00 e. The Morgan fingerprint density at radius 1 is 0.629 bits per heavy atom. The van der Waals surface area contributed by atoms with Gasteiger partial charge in [0, 0.05) is 0 Å². The van der Waals surface area contributed by atoms with Crippen LogP contribution < -0.4 is 51.4 Å². The molecule has 2 aromatic carbocycles. The maximum atomic E-state index is 11.9. The zero-order chi connectivity index (χ0) is 24.7. The molecular formula is C30H47KO3S. The topological polar surface area (TPSA) is 57.2 Å². The Morgan fingerprint density at radius 3 is 1.63 bits per heavy atom. The molecule has 2 aromatic rings. The number of unbranched alkanes of at least 4 members (excludes halogenated alkanes) is 14. The molecule has 3 nitrogen and oxygen atoms in total. The Labute approximate surface area is 258 Å². The fourth-order valence-electron chi connectivity index (χ4n) is 4.97. The standard InChI is InChI=1S/C30H48O3S.K/c1-3-5-7-9-11-13-15-17-19-26-21-23-28-27(25-26)22-24-30(34(31,32)33)29(28)20-18-16-14-12-10-8-6-4-2;/h21-25H,3-20H2,1-2H3,(H,31,32,33);/q;+1/p-1. The Hall–Kier alpha value is 0.246. The summed E-state index contributed by atoms with van der Waals surface area (Å²) in [5, 5.41) is 1.98. The van der Waals surface area contributed by atoms with Crippen LogP contribution in [0.25, 0.3) is 10.8 Å². The summed E-state index contributed by atoms with van der Waals surface area (Å²) in [5.74, 6) is 0. The molecule has 0 bridgehead atoms. The van der Waals surface area contributed by atoms with Gasteiger partial charge in [-0.3, -0.25) is 0 Å². The third-order valence-electron chi connectivity index (χ3n) is 7.02. The van der Waals surface area contributed by atoms with Crippen molar-refractivity contribution in [3.8, 4) is 0 Å². The molecule has 0 N–H and O–H groups in total. The van der Waals surface area contributed by atoms with E-state index in [9.17, 15) is 13.0 Å². The van der Waals surface area contributed by atoms with Gasteiger partial charge in [0.25, 0.3) is 0 Å². The van der Waals surface area contributed by atoms with Gasteiger partial charge in [-0.15, -0.1) is 0 Å². The van der Waals surface area contributed by atoms with Gasteiger partial charge in [0.1, 0.15) is 10.1 Å². The fourth-order valence-corrected chi connectivity index (χ4v) is 5.72. The largest absolute Gasteiger partial charge is 1.00 e. The smallest absolute Gasteiger partial charge is 0.744 e. The molecule has 35 heavy (non-hydrogen) atoms. The molecule has 5 heteroatoms. The van der Waals surface area contributed by atoms with E-state index in [1.807, 2.05) is 12.1 Å². The second kappa shape index (κ2) is 19.3. The monoisotopic (exact) mass is 526 g/mol. The summed E-state index contributed by atoms with van der Waals surface area (Å²) in [5.41, 5.74) is 2.02. The van der Waals surface area contributed by atoms with Crippen molar-refractivity contribution in [3.05, 3.63) is 41.5 Å². The number of aryl methyl sites for hydroxylation is 2. The van der Waals surface area contributed by atoms with Gasteiger partial charge in [0.2, 0.25) is 0 Å². The van der Waals surface area contributed by atoms with Crippen LogP contribution in [0.15, 0.2) is 35.2 Å². The van der Waals surface area contributed by atoms with Crippen molar-refractivity contribution in [2.45, 2.75) is 134 Å². The van der Waals surface area contributed by atoms with Crippen LogP contribution in [0.5, 0.6) is 0 Å². The Balaban J connectivity index is 0.00000612. The molecule has 0 fully saturated rings. The summed E-state index contributed by atoms with van der Waals surface area (Å²) in [6, 6.07) is 9.71. The molecule has 0 aliphatic heterocycles. The summed E-state index contributed by atoms with van der Waals surface area (Å²) in [6.45, 7) is 4.48. The van der Waals surface area contributed by atoms with E-state index in [1.54, 1.807) is 0 Å². The van der Waals surface area contributed by atoms with E-state index in [-0.39, 0.29) is 56.3 Å². The van der Waals surface area contributed by atoms with Crippen molar-refractivity contribution in [1.29, 1.82) is 0 Å². The van der Waals surface area contributed by atoms with E-state index in [4.69, 9.17) is 0 Å². The molecule has 0 unspecified atom stereocenters. The van der Waals surface area contributed by atoms with Crippen LogP contribution in [0, 0.1) is 0 Å². The Morgan fingerprint density at radius 2 is 1.11 bits per heavy atom. The molecular weight excluding hydrogens is 479 g/mol. The summed E-state index contributed by atoms with van der Waals surface area (Å²) < 4.78 is 35.8. The van der Waals surface area contributed by atoms with Gasteiger partial charge in [-0.25, -0.2) is 8.42 Å². The zero-order valence-electron chi connectivity index (χ0n) is 22.7. The van der Waals surface area contributed by atoms with Gasteiger partial charge < -0.3 is 4.55 Å². The maximum absolute atomic E-state index is 11.9. The molecule has 192 valence electrons. The average molecular weight is 527 g/mol. The van der Waals surface area contributed by atoms with Gasteiger partial charge in [-0.05, 0) is 53.6 Å². The van der Waals surface area contributed by atoms with Crippen LogP contribution in [0.1, 0.15) is 128 Å². The first-order valence-electron chi connectivity index (χ1n) is 14.0. The zero-order valence-corrected chi connectivity index (χ0v) is 26.7. The molecule has 0 aliphatic carbocycles. The number of benzene rings is 2. The molecule has 0 atom stereocenters. The number of hydrogen-bond donors (Lipinski definition) is 0. The Bertz CT molecular complexity index is 940. The minimum absolute atomic E-state index is 0. The number of rotatable bonds is 19. The van der Waals surface area contributed by atoms with Crippen molar-refractivity contribution in [1.82, 2.24) is 0 Å². The first-order valence-corrected chi connectivity index (χ1v) is 15.4. The van der Waals surface area contributed by atoms with Crippen molar-refractivity contribution < 1.29 is 64.4 Å². The SMILES string of the molecule is CCCCCCCCCCc1ccc2c(CCCCCCCCCC)c(S(=O)(=O)[O-])ccc2c1.[K+]. The van der Waals surface area contributed by atoms with Crippen molar-refractivity contribution in [2.24, 2.45) is 0 Å². The minimum atomic E-state index is -4.47. The summed E-state index contributed by atoms with van der Waals surface area (Å²) >= 11 is 0. The van der Waals surface area contributed by atoms with Crippen LogP contribution in [0.4, 0.5) is 0 Å². The quantitative estimate of drug-likeness (QED) is 0.126. The van der Waals surface area contributed by atoms with Gasteiger partial charge in [0.05, 0.1) is 4.90 Å². The van der Waals surface area contributed by atoms with Crippen molar-refractivity contribution in [2.75, 3.05) is 0 Å². The van der Waals surface area contributed by atoms with Gasteiger partial charge in [-0.1, -0.05) is 128 Å². The number of fused-ring (bicyclic) bond motifs is 1. The van der Waals surface area contributed by atoms with E-state index in [2.05, 4.69) is 26.0 Å². The van der Waals surface area contributed by atoms with Crippen LogP contribution in [-0.2, 0) is 23.0 Å². The second-order valence-corrected chi connectivity index (χ2v) is 11.3. The molecule has 0 aliphatic rings. The molecule has 0 spiro atoms. The molecule has 2 rings (SSSR count). The molecule has 0 saturated carbocycles. The van der Waals surface area contributed by atoms with E-state index < -0.39 is 10.1 Å². The van der Waals surface area contributed by atoms with Gasteiger partial charge in [0.15, 0.2) is 0 Å². The number of hydrogen-bond acceptors (Lipinski definition) is 3. The summed E-state index contributed by atoms with van der Waals surface area (Å²) in [4.78, 5) is -0.0289. The van der Waals surface area contributed by atoms with E-state index in [0.717, 1.165) is 35.6 Å². The molecule has 0 amide bonds. The van der Waals surface area contributed by atoms with Crippen molar-refractivity contribution in [3.63, 3.8) is 0 Å². The van der Waals surface area contributed by atoms with Crippen LogP contribution in [-0.4, -0.2) is 13.0 Å². The van der Waals surface area contributed by atoms with E-state index in [0.29, 0.717) is 6.42 Å². The first kappa shape index (κ1) is 33.3. The molecule has 0 heterocycles. The van der Waals surface area contributed by atoms with Crippen molar-refractivity contribution >= 4 is 20.9 Å². The molecule has 0 saturated heterocycles. The first-order chi connectivity index (χ1) is 16.5. The van der Waals surface area contributed by atoms with E-state index >= 15 is 0 Å². The van der Waals surface area contributed by atoms with E-state index in [1.165, 1.54) is 102 Å². The van der Waals surface area contributed by atoms with Crippen LogP contribution >= 0.6 is 0 Å². The Kier molecular flexibility index (Phi) is 18.4. The third-order valence-corrected chi connectivity index (χ3v) is 7.94. The normalized spacial score (nSPS) is 11.6. The summed E-state index contributed by atoms with van der Waals surface area (Å²) in [6.07, 6.45) is 21.8. The van der Waals surface area contributed by atoms with Gasteiger partial charge in [-0.2, -0.15) is 0 Å². The average Bonchev–Trinajstić information content (AvgIpc) is 2.81. The minimum Gasteiger partial charge on any atom is -0.744 e. The predicted octanol–water partition coefficient (Wildman–Crippen LogP) is 6.11. The third kappa shape index (κ3) is 13.0. The fraction of sp³-hybridized carbons (Fsp3) is 0.667. The van der Waals surface area contributed by atoms with Crippen LogP contribution in [0.2, 0.25) is 0 Å². The molecule has 0 radical (unpaired) electrons. The predicted molar refractivity (Wildman–Crippen MR) is 145 cm³/mol. The summed E-state index contributed by atoms with van der Waals surface area (Å²) in [7, 11) is -4.47. The van der Waals surface area contributed by atoms with Gasteiger partial charge >= 0.3 is 51.4 Å². The molecule has 0 aromatic heterocycles. The second-order valence-electron chi connectivity index (χ2n) is 10.0.